The summed E-state index contributed by atoms with van der Waals surface area (Å²) in [5, 5.41) is 6.81. The number of aromatic nitrogens is 3. The van der Waals surface area contributed by atoms with E-state index >= 15 is 0 Å². The molecule has 7 nitrogen and oxygen atoms in total. The maximum absolute atomic E-state index is 6.25. The molecular formula is C17H17ClN4O3S. The summed E-state index contributed by atoms with van der Waals surface area (Å²) in [6.07, 6.45) is 2.89. The minimum Gasteiger partial charge on any atom is -0.486 e. The highest BCUT2D eigenvalue weighted by molar-refractivity contribution is 7.13. The lowest BCUT2D eigenvalue weighted by atomic mass is 9.77. The van der Waals surface area contributed by atoms with Crippen molar-refractivity contribution in [3.05, 3.63) is 29.4 Å². The first-order valence-corrected chi connectivity index (χ1v) is 9.08. The standard InChI is InChI=1S/C17H16N4O3S.ClH/c18-17(4-1-5-17)16-20-14(24-21-16)11-9-25-15(19-11)10-2-3-12-13(8-10)23-7-6-22-12;/h2-3,8-9H,1,4-7,18H2;1H. The molecule has 0 bridgehead atoms. The second kappa shape index (κ2) is 6.53. The van der Waals surface area contributed by atoms with Crippen LogP contribution in [0.5, 0.6) is 11.5 Å². The molecule has 0 atom stereocenters. The molecule has 0 unspecified atom stereocenters. The van der Waals surface area contributed by atoms with Gasteiger partial charge in [0.1, 0.15) is 23.9 Å². The van der Waals surface area contributed by atoms with E-state index in [-0.39, 0.29) is 12.4 Å². The number of nitrogens with zero attached hydrogens (tertiary/aromatic N) is 3. The lowest BCUT2D eigenvalue weighted by molar-refractivity contribution is 0.171. The van der Waals surface area contributed by atoms with Gasteiger partial charge in [0.2, 0.25) is 0 Å². The van der Waals surface area contributed by atoms with Gasteiger partial charge in [-0.05, 0) is 37.5 Å². The van der Waals surface area contributed by atoms with Crippen molar-refractivity contribution in [2.24, 2.45) is 5.73 Å². The van der Waals surface area contributed by atoms with Gasteiger partial charge in [-0.25, -0.2) is 4.98 Å². The number of ether oxygens (including phenoxy) is 2. The van der Waals surface area contributed by atoms with E-state index in [0.717, 1.165) is 41.3 Å². The highest BCUT2D eigenvalue weighted by Gasteiger charge is 2.39. The van der Waals surface area contributed by atoms with Gasteiger partial charge in [-0.2, -0.15) is 4.98 Å². The third-order valence-electron chi connectivity index (χ3n) is 4.63. The Labute approximate surface area is 159 Å². The smallest absolute Gasteiger partial charge is 0.277 e. The monoisotopic (exact) mass is 392 g/mol. The van der Waals surface area contributed by atoms with E-state index in [0.29, 0.717) is 30.6 Å². The van der Waals surface area contributed by atoms with E-state index < -0.39 is 5.54 Å². The Bertz CT molecular complexity index is 938. The zero-order chi connectivity index (χ0) is 16.9. The maximum Gasteiger partial charge on any atom is 0.277 e. The van der Waals surface area contributed by atoms with Crippen LogP contribution in [0.1, 0.15) is 25.1 Å². The summed E-state index contributed by atoms with van der Waals surface area (Å²) in [4.78, 5) is 9.07. The molecule has 1 aliphatic carbocycles. The van der Waals surface area contributed by atoms with E-state index in [1.807, 2.05) is 23.6 Å². The molecule has 1 saturated carbocycles. The lowest BCUT2D eigenvalue weighted by Gasteiger charge is -2.34. The molecule has 0 saturated heterocycles. The van der Waals surface area contributed by atoms with Crippen LogP contribution in [-0.4, -0.2) is 28.3 Å². The largest absolute Gasteiger partial charge is 0.486 e. The summed E-state index contributed by atoms with van der Waals surface area (Å²) >= 11 is 1.52. The minimum absolute atomic E-state index is 0. The number of rotatable bonds is 3. The van der Waals surface area contributed by atoms with Crippen LogP contribution in [0.2, 0.25) is 0 Å². The minimum atomic E-state index is -0.434. The van der Waals surface area contributed by atoms with Gasteiger partial charge < -0.3 is 19.7 Å². The maximum atomic E-state index is 6.25. The number of fused-ring (bicyclic) bond motifs is 1. The van der Waals surface area contributed by atoms with Gasteiger partial charge in [0.25, 0.3) is 5.89 Å². The van der Waals surface area contributed by atoms with E-state index in [4.69, 9.17) is 19.7 Å². The first kappa shape index (κ1) is 17.3. The van der Waals surface area contributed by atoms with Crippen LogP contribution in [0.4, 0.5) is 0 Å². The number of hydrogen-bond acceptors (Lipinski definition) is 8. The zero-order valence-electron chi connectivity index (χ0n) is 13.8. The summed E-state index contributed by atoms with van der Waals surface area (Å²) in [6.45, 7) is 1.14. The van der Waals surface area contributed by atoms with Crippen LogP contribution in [-0.2, 0) is 5.54 Å². The molecule has 2 aromatic heterocycles. The molecule has 0 amide bonds. The molecule has 1 fully saturated rings. The highest BCUT2D eigenvalue weighted by atomic mass is 35.5. The van der Waals surface area contributed by atoms with Gasteiger partial charge in [-0.3, -0.25) is 0 Å². The summed E-state index contributed by atoms with van der Waals surface area (Å²) in [7, 11) is 0. The van der Waals surface area contributed by atoms with Crippen molar-refractivity contribution in [2.75, 3.05) is 13.2 Å². The van der Waals surface area contributed by atoms with E-state index in [1.165, 1.54) is 11.3 Å². The predicted octanol–water partition coefficient (Wildman–Crippen LogP) is 3.39. The fourth-order valence-corrected chi connectivity index (χ4v) is 3.78. The molecule has 3 heterocycles. The van der Waals surface area contributed by atoms with Crippen molar-refractivity contribution >= 4 is 23.7 Å². The molecular weight excluding hydrogens is 376 g/mol. The van der Waals surface area contributed by atoms with Gasteiger partial charge in [0.05, 0.1) is 5.54 Å². The second-order valence-corrected chi connectivity index (χ2v) is 7.19. The van der Waals surface area contributed by atoms with Crippen LogP contribution in [0.15, 0.2) is 28.1 Å². The fourth-order valence-electron chi connectivity index (χ4n) is 2.99. The van der Waals surface area contributed by atoms with Crippen LogP contribution in [0, 0.1) is 0 Å². The zero-order valence-corrected chi connectivity index (χ0v) is 15.4. The topological polar surface area (TPSA) is 96.3 Å². The highest BCUT2D eigenvalue weighted by Crippen LogP contribution is 2.39. The molecule has 136 valence electrons. The van der Waals surface area contributed by atoms with Crippen molar-refractivity contribution in [3.8, 4) is 33.7 Å². The normalized spacial score (nSPS) is 17.3. The molecule has 2 N–H and O–H groups in total. The number of benzene rings is 1. The van der Waals surface area contributed by atoms with Crippen LogP contribution < -0.4 is 15.2 Å². The van der Waals surface area contributed by atoms with E-state index in [9.17, 15) is 0 Å². The Morgan fingerprint density at radius 3 is 2.65 bits per heavy atom. The molecule has 26 heavy (non-hydrogen) atoms. The molecule has 1 aromatic carbocycles. The van der Waals surface area contributed by atoms with Gasteiger partial charge in [-0.1, -0.05) is 5.16 Å². The number of thiazole rings is 1. The number of halogens is 1. The number of nitrogens with two attached hydrogens (primary N) is 1. The Balaban J connectivity index is 0.00000168. The SMILES string of the molecule is Cl.NC1(c2noc(-c3csc(-c4ccc5c(c4)OCCO5)n3)n2)CCC1. The second-order valence-electron chi connectivity index (χ2n) is 6.33. The van der Waals surface area contributed by atoms with Gasteiger partial charge >= 0.3 is 0 Å². The summed E-state index contributed by atoms with van der Waals surface area (Å²) in [5.74, 6) is 2.49. The van der Waals surface area contributed by atoms with E-state index in [2.05, 4.69) is 15.1 Å². The Morgan fingerprint density at radius 2 is 1.88 bits per heavy atom. The third-order valence-corrected chi connectivity index (χ3v) is 5.52. The lowest BCUT2D eigenvalue weighted by Crippen LogP contribution is -2.44. The quantitative estimate of drug-likeness (QED) is 0.729. The summed E-state index contributed by atoms with van der Waals surface area (Å²) < 4.78 is 16.6. The Hall–Kier alpha value is -2.16. The molecule has 1 aliphatic heterocycles. The Morgan fingerprint density at radius 1 is 1.08 bits per heavy atom. The molecule has 0 radical (unpaired) electrons. The average Bonchev–Trinajstić information content (AvgIpc) is 3.28. The van der Waals surface area contributed by atoms with Gasteiger partial charge in [-0.15, -0.1) is 23.7 Å². The first-order valence-electron chi connectivity index (χ1n) is 8.20. The molecule has 5 rings (SSSR count). The average molecular weight is 393 g/mol. The Kier molecular flexibility index (Phi) is 4.34. The van der Waals surface area contributed by atoms with Crippen molar-refractivity contribution in [2.45, 2.75) is 24.8 Å². The van der Waals surface area contributed by atoms with Gasteiger partial charge in [0, 0.05) is 10.9 Å². The molecule has 9 heteroatoms. The fraction of sp³-hybridized carbons (Fsp3) is 0.353. The summed E-state index contributed by atoms with van der Waals surface area (Å²) in [6, 6.07) is 5.82. The van der Waals surface area contributed by atoms with Crippen LogP contribution in [0.25, 0.3) is 22.2 Å². The van der Waals surface area contributed by atoms with Crippen LogP contribution >= 0.6 is 23.7 Å². The molecule has 2 aliphatic rings. The molecule has 3 aromatic rings. The van der Waals surface area contributed by atoms with Crippen molar-refractivity contribution in [1.82, 2.24) is 15.1 Å². The van der Waals surface area contributed by atoms with Crippen LogP contribution in [0.3, 0.4) is 0 Å². The van der Waals surface area contributed by atoms with Crippen molar-refractivity contribution < 1.29 is 14.0 Å². The van der Waals surface area contributed by atoms with Crippen molar-refractivity contribution in [3.63, 3.8) is 0 Å². The molecule has 0 spiro atoms. The number of hydrogen-bond donors (Lipinski definition) is 1. The third kappa shape index (κ3) is 2.84. The van der Waals surface area contributed by atoms with Crippen molar-refractivity contribution in [1.29, 1.82) is 0 Å². The van der Waals surface area contributed by atoms with E-state index in [1.54, 1.807) is 0 Å². The summed E-state index contributed by atoms with van der Waals surface area (Å²) in [5.41, 5.74) is 7.44. The first-order chi connectivity index (χ1) is 12.2. The van der Waals surface area contributed by atoms with Gasteiger partial charge in [0.15, 0.2) is 17.3 Å². The predicted molar refractivity (Wildman–Crippen MR) is 98.8 cm³/mol.